The lowest BCUT2D eigenvalue weighted by molar-refractivity contribution is -0.305. The molecule has 0 aromatic carbocycles. The summed E-state index contributed by atoms with van der Waals surface area (Å²) in [7, 11) is 0. The van der Waals surface area contributed by atoms with Gasteiger partial charge in [0, 0.05) is 5.97 Å². The van der Waals surface area contributed by atoms with Crippen molar-refractivity contribution in [2.75, 3.05) is 0 Å². The number of rotatable bonds is 15. The Hall–Kier alpha value is -1.39. The van der Waals surface area contributed by atoms with Gasteiger partial charge in [-0.25, -0.2) is 0 Å². The summed E-state index contributed by atoms with van der Waals surface area (Å²) >= 11 is 0. The molecule has 0 aromatic heterocycles. The van der Waals surface area contributed by atoms with Crippen LogP contribution in [0.4, 0.5) is 0 Å². The molecule has 0 aliphatic rings. The predicted molar refractivity (Wildman–Crippen MR) is 96.3 cm³/mol. The van der Waals surface area contributed by atoms with Crippen LogP contribution in [0.5, 0.6) is 0 Å². The Labute approximate surface area is 146 Å². The summed E-state index contributed by atoms with van der Waals surface area (Å²) in [5.41, 5.74) is 0. The fraction of sp³-hybridized carbons (Fsp3) is 0.650. The Morgan fingerprint density at radius 1 is 0.917 bits per heavy atom. The molecule has 2 atom stereocenters. The van der Waals surface area contributed by atoms with Gasteiger partial charge < -0.3 is 20.1 Å². The lowest BCUT2D eigenvalue weighted by Crippen LogP contribution is -2.25. The van der Waals surface area contributed by atoms with Crippen LogP contribution in [-0.2, 0) is 4.79 Å². The van der Waals surface area contributed by atoms with Crippen LogP contribution >= 0.6 is 0 Å². The number of carboxylic acid groups (broad SMARTS) is 1. The molecule has 0 amide bonds. The Morgan fingerprint density at radius 2 is 1.54 bits per heavy atom. The second-order valence-corrected chi connectivity index (χ2v) is 6.02. The minimum absolute atomic E-state index is 0.115. The summed E-state index contributed by atoms with van der Waals surface area (Å²) in [6, 6.07) is 0. The molecule has 0 aliphatic carbocycles. The topological polar surface area (TPSA) is 80.6 Å². The molecule has 0 saturated carbocycles. The lowest BCUT2D eigenvalue weighted by Gasteiger charge is -2.15. The van der Waals surface area contributed by atoms with Crippen molar-refractivity contribution in [1.29, 1.82) is 0 Å². The van der Waals surface area contributed by atoms with E-state index in [9.17, 15) is 20.1 Å². The van der Waals surface area contributed by atoms with Gasteiger partial charge in [0.2, 0.25) is 0 Å². The van der Waals surface area contributed by atoms with E-state index in [0.717, 1.165) is 38.5 Å². The normalized spacial score (nSPS) is 14.8. The molecular weight excluding hydrogens is 304 g/mol. The average molecular weight is 337 g/mol. The molecule has 0 radical (unpaired) electrons. The van der Waals surface area contributed by atoms with Crippen molar-refractivity contribution >= 4 is 5.97 Å². The Morgan fingerprint density at radius 3 is 2.17 bits per heavy atom. The third kappa shape index (κ3) is 15.5. The first-order chi connectivity index (χ1) is 11.6. The SMILES string of the molecule is CCCCC[C@@H](O)[C@H](O)C/C=C\C/C=C\C/C=C\CCCC(=O)[O-]. The third-order valence-electron chi connectivity index (χ3n) is 3.72. The van der Waals surface area contributed by atoms with Crippen molar-refractivity contribution < 1.29 is 20.1 Å². The number of carbonyl (C=O) groups is 1. The number of carbonyl (C=O) groups excluding carboxylic acids is 1. The van der Waals surface area contributed by atoms with Crippen molar-refractivity contribution in [2.24, 2.45) is 0 Å². The monoisotopic (exact) mass is 337 g/mol. The first-order valence-corrected chi connectivity index (χ1v) is 9.08. The highest BCUT2D eigenvalue weighted by Gasteiger charge is 2.13. The fourth-order valence-corrected chi connectivity index (χ4v) is 2.21. The summed E-state index contributed by atoms with van der Waals surface area (Å²) in [6.07, 6.45) is 18.2. The summed E-state index contributed by atoms with van der Waals surface area (Å²) in [6.45, 7) is 2.12. The number of aliphatic hydroxyl groups excluding tert-OH is 2. The van der Waals surface area contributed by atoms with E-state index in [-0.39, 0.29) is 6.42 Å². The van der Waals surface area contributed by atoms with Crippen LogP contribution in [0.1, 0.15) is 71.1 Å². The molecule has 4 nitrogen and oxygen atoms in total. The maximum atomic E-state index is 10.2. The number of aliphatic carboxylic acids is 1. The maximum absolute atomic E-state index is 10.2. The molecule has 0 unspecified atom stereocenters. The summed E-state index contributed by atoms with van der Waals surface area (Å²) in [4.78, 5) is 10.2. The van der Waals surface area contributed by atoms with E-state index in [1.807, 2.05) is 30.4 Å². The standard InChI is InChI=1S/C20H34O4/c1-2-3-12-15-18(21)19(22)16-13-10-8-6-4-5-7-9-11-14-17-20(23)24/h4,6-7,9-10,13,18-19,21-22H,2-3,5,8,11-12,14-17H2,1H3,(H,23,24)/p-1/b6-4-,9-7-,13-10-/t18-,19-/m1/s1. The van der Waals surface area contributed by atoms with Gasteiger partial charge in [0.25, 0.3) is 0 Å². The molecule has 24 heavy (non-hydrogen) atoms. The van der Waals surface area contributed by atoms with E-state index >= 15 is 0 Å². The molecule has 4 heteroatoms. The quantitative estimate of drug-likeness (QED) is 0.355. The number of allylic oxidation sites excluding steroid dienone is 5. The first-order valence-electron chi connectivity index (χ1n) is 9.08. The van der Waals surface area contributed by atoms with Gasteiger partial charge in [-0.3, -0.25) is 0 Å². The van der Waals surface area contributed by atoms with E-state index in [4.69, 9.17) is 0 Å². The van der Waals surface area contributed by atoms with Gasteiger partial charge in [-0.2, -0.15) is 0 Å². The molecule has 0 spiro atoms. The van der Waals surface area contributed by atoms with Gasteiger partial charge in [0.05, 0.1) is 12.2 Å². The Balaban J connectivity index is 3.62. The number of unbranched alkanes of at least 4 members (excludes halogenated alkanes) is 3. The average Bonchev–Trinajstić information content (AvgIpc) is 2.55. The summed E-state index contributed by atoms with van der Waals surface area (Å²) in [5, 5.41) is 29.8. The van der Waals surface area contributed by atoms with Crippen LogP contribution in [0.3, 0.4) is 0 Å². The van der Waals surface area contributed by atoms with Gasteiger partial charge in [-0.05, 0) is 44.9 Å². The third-order valence-corrected chi connectivity index (χ3v) is 3.72. The molecule has 0 rings (SSSR count). The molecule has 0 aromatic rings. The fourth-order valence-electron chi connectivity index (χ4n) is 2.21. The van der Waals surface area contributed by atoms with Gasteiger partial charge in [-0.15, -0.1) is 0 Å². The highest BCUT2D eigenvalue weighted by molar-refractivity contribution is 5.64. The number of hydrogen-bond donors (Lipinski definition) is 2. The zero-order chi connectivity index (χ0) is 18.0. The van der Waals surface area contributed by atoms with E-state index in [0.29, 0.717) is 19.3 Å². The molecule has 0 heterocycles. The zero-order valence-corrected chi connectivity index (χ0v) is 14.9. The van der Waals surface area contributed by atoms with Gasteiger partial charge in [-0.1, -0.05) is 62.6 Å². The van der Waals surface area contributed by atoms with Crippen LogP contribution in [0.25, 0.3) is 0 Å². The highest BCUT2D eigenvalue weighted by Crippen LogP contribution is 2.09. The van der Waals surface area contributed by atoms with Crippen molar-refractivity contribution in [3.8, 4) is 0 Å². The minimum Gasteiger partial charge on any atom is -0.550 e. The maximum Gasteiger partial charge on any atom is 0.0833 e. The van der Waals surface area contributed by atoms with E-state index < -0.39 is 18.2 Å². The number of aliphatic hydroxyl groups is 2. The van der Waals surface area contributed by atoms with Gasteiger partial charge in [0.15, 0.2) is 0 Å². The summed E-state index contributed by atoms with van der Waals surface area (Å²) < 4.78 is 0. The summed E-state index contributed by atoms with van der Waals surface area (Å²) in [5.74, 6) is -0.992. The van der Waals surface area contributed by atoms with Gasteiger partial charge >= 0.3 is 0 Å². The second kappa shape index (κ2) is 16.5. The van der Waals surface area contributed by atoms with Crippen molar-refractivity contribution in [1.82, 2.24) is 0 Å². The molecule has 2 N–H and O–H groups in total. The highest BCUT2D eigenvalue weighted by atomic mass is 16.4. The first kappa shape index (κ1) is 22.6. The van der Waals surface area contributed by atoms with Crippen molar-refractivity contribution in [2.45, 2.75) is 83.3 Å². The molecule has 138 valence electrons. The Kier molecular flexibility index (Phi) is 15.5. The van der Waals surface area contributed by atoms with Crippen LogP contribution in [0.15, 0.2) is 36.5 Å². The second-order valence-electron chi connectivity index (χ2n) is 6.02. The molecule has 0 bridgehead atoms. The molecule has 0 fully saturated rings. The zero-order valence-electron chi connectivity index (χ0n) is 14.9. The minimum atomic E-state index is -0.992. The molecular formula is C20H33O4-. The van der Waals surface area contributed by atoms with E-state index in [1.165, 1.54) is 0 Å². The molecule has 0 saturated heterocycles. The molecule has 0 aliphatic heterocycles. The van der Waals surface area contributed by atoms with E-state index in [1.54, 1.807) is 0 Å². The van der Waals surface area contributed by atoms with Crippen LogP contribution in [0.2, 0.25) is 0 Å². The van der Waals surface area contributed by atoms with Crippen LogP contribution in [-0.4, -0.2) is 28.4 Å². The van der Waals surface area contributed by atoms with Crippen molar-refractivity contribution in [3.63, 3.8) is 0 Å². The van der Waals surface area contributed by atoms with Crippen LogP contribution < -0.4 is 5.11 Å². The smallest absolute Gasteiger partial charge is 0.0833 e. The number of hydrogen-bond acceptors (Lipinski definition) is 4. The predicted octanol–water partition coefficient (Wildman–Crippen LogP) is 3.05. The number of carboxylic acids is 1. The van der Waals surface area contributed by atoms with Gasteiger partial charge in [0.1, 0.15) is 0 Å². The Bertz CT molecular complexity index is 385. The largest absolute Gasteiger partial charge is 0.550 e. The lowest BCUT2D eigenvalue weighted by atomic mass is 10.0. The van der Waals surface area contributed by atoms with E-state index in [2.05, 4.69) is 13.0 Å². The van der Waals surface area contributed by atoms with Crippen LogP contribution in [0, 0.1) is 0 Å². The van der Waals surface area contributed by atoms with Crippen molar-refractivity contribution in [3.05, 3.63) is 36.5 Å².